The Bertz CT molecular complexity index is 619. The van der Waals surface area contributed by atoms with Crippen LogP contribution in [0.4, 0.5) is 13.2 Å². The fourth-order valence-corrected chi connectivity index (χ4v) is 2.87. The van der Waals surface area contributed by atoms with Gasteiger partial charge in [0.15, 0.2) is 9.84 Å². The number of rotatable bonds is 5. The molecule has 0 fully saturated rings. The van der Waals surface area contributed by atoms with Gasteiger partial charge in [-0.1, -0.05) is 0 Å². The molecule has 0 N–H and O–H groups in total. The molecule has 1 aromatic rings. The van der Waals surface area contributed by atoms with Crippen LogP contribution in [-0.2, 0) is 25.5 Å². The van der Waals surface area contributed by atoms with Crippen molar-refractivity contribution in [3.8, 4) is 0 Å². The summed E-state index contributed by atoms with van der Waals surface area (Å²) in [5.41, 5.74) is -1.65. The lowest BCUT2D eigenvalue weighted by Gasteiger charge is -2.29. The summed E-state index contributed by atoms with van der Waals surface area (Å²) in [6.07, 6.45) is -2.71. The zero-order chi connectivity index (χ0) is 16.5. The predicted octanol–water partition coefficient (Wildman–Crippen LogP) is 3.16. The summed E-state index contributed by atoms with van der Waals surface area (Å²) in [4.78, 5) is 3.71. The van der Waals surface area contributed by atoms with Gasteiger partial charge in [-0.2, -0.15) is 13.2 Å². The molecule has 0 aliphatic carbocycles. The Morgan fingerprint density at radius 1 is 1.38 bits per heavy atom. The van der Waals surface area contributed by atoms with Crippen LogP contribution in [0.3, 0.4) is 0 Å². The number of hydrogen-bond acceptors (Lipinski definition) is 4. The molecule has 0 amide bonds. The Morgan fingerprint density at radius 3 is 2.38 bits per heavy atom. The summed E-state index contributed by atoms with van der Waals surface area (Å²) in [6, 6.07) is 0.817. The highest BCUT2D eigenvalue weighted by molar-refractivity contribution is 9.10. The zero-order valence-electron chi connectivity index (χ0n) is 11.7. The summed E-state index contributed by atoms with van der Waals surface area (Å²) in [7, 11) is -3.89. The van der Waals surface area contributed by atoms with Crippen LogP contribution in [-0.4, -0.2) is 32.9 Å². The third kappa shape index (κ3) is 3.95. The second kappa shape index (κ2) is 6.21. The van der Waals surface area contributed by atoms with Crippen LogP contribution < -0.4 is 0 Å². The van der Waals surface area contributed by atoms with Crippen molar-refractivity contribution in [1.82, 2.24) is 4.98 Å². The van der Waals surface area contributed by atoms with E-state index in [9.17, 15) is 21.6 Å². The van der Waals surface area contributed by atoms with Gasteiger partial charge in [0, 0.05) is 23.5 Å². The summed E-state index contributed by atoms with van der Waals surface area (Å²) in [5, 5.41) is 0. The quantitative estimate of drug-likeness (QED) is 0.775. The lowest BCUT2D eigenvalue weighted by Crippen LogP contribution is -2.39. The lowest BCUT2D eigenvalue weighted by atomic mass is 10.0. The minimum atomic E-state index is -4.72. The van der Waals surface area contributed by atoms with Crippen molar-refractivity contribution in [3.63, 3.8) is 0 Å². The van der Waals surface area contributed by atoms with Gasteiger partial charge in [-0.05, 0) is 35.8 Å². The van der Waals surface area contributed by atoms with Gasteiger partial charge in [0.2, 0.25) is 0 Å². The number of sulfone groups is 1. The molecule has 0 aromatic carbocycles. The number of hydrogen-bond donors (Lipinski definition) is 0. The summed E-state index contributed by atoms with van der Waals surface area (Å²) < 4.78 is 66.9. The highest BCUT2D eigenvalue weighted by atomic mass is 79.9. The van der Waals surface area contributed by atoms with E-state index in [2.05, 4.69) is 20.9 Å². The monoisotopic (exact) mass is 389 g/mol. The van der Waals surface area contributed by atoms with Crippen LogP contribution in [0.1, 0.15) is 25.1 Å². The second-order valence-corrected chi connectivity index (χ2v) is 8.05. The Labute approximate surface area is 129 Å². The van der Waals surface area contributed by atoms with Crippen LogP contribution in [0.15, 0.2) is 16.7 Å². The van der Waals surface area contributed by atoms with Crippen molar-refractivity contribution in [2.75, 3.05) is 19.5 Å². The second-order valence-electron chi connectivity index (χ2n) is 4.69. The van der Waals surface area contributed by atoms with E-state index in [1.165, 1.54) is 6.92 Å². The molecule has 0 aliphatic heterocycles. The molecule has 0 spiro atoms. The van der Waals surface area contributed by atoms with Crippen molar-refractivity contribution in [2.24, 2.45) is 0 Å². The predicted molar refractivity (Wildman–Crippen MR) is 75.6 cm³/mol. The van der Waals surface area contributed by atoms with E-state index in [0.29, 0.717) is 0 Å². The van der Waals surface area contributed by atoms with Crippen LogP contribution in [0, 0.1) is 0 Å². The van der Waals surface area contributed by atoms with Gasteiger partial charge in [0.05, 0.1) is 17.9 Å². The summed E-state index contributed by atoms with van der Waals surface area (Å²) in [5.74, 6) is 0. The maximum atomic E-state index is 13.2. The Kier molecular flexibility index (Phi) is 5.44. The van der Waals surface area contributed by atoms with E-state index < -0.39 is 38.6 Å². The van der Waals surface area contributed by atoms with E-state index in [0.717, 1.165) is 18.5 Å². The van der Waals surface area contributed by atoms with E-state index >= 15 is 0 Å². The minimum Gasteiger partial charge on any atom is -0.380 e. The van der Waals surface area contributed by atoms with E-state index in [1.807, 2.05) is 0 Å². The molecule has 4 nitrogen and oxygen atoms in total. The van der Waals surface area contributed by atoms with Gasteiger partial charge in [-0.25, -0.2) is 8.42 Å². The largest absolute Gasteiger partial charge is 0.418 e. The lowest BCUT2D eigenvalue weighted by molar-refractivity contribution is -0.139. The molecule has 1 heterocycles. The van der Waals surface area contributed by atoms with Gasteiger partial charge < -0.3 is 4.74 Å². The highest BCUT2D eigenvalue weighted by Crippen LogP contribution is 2.40. The number of nitrogens with zero attached hydrogens (tertiary/aromatic N) is 1. The number of ether oxygens (including phenoxy) is 1. The molecule has 1 atom stereocenters. The van der Waals surface area contributed by atoms with Crippen LogP contribution >= 0.6 is 15.9 Å². The molecule has 0 saturated heterocycles. The van der Waals surface area contributed by atoms with Gasteiger partial charge >= 0.3 is 6.18 Å². The van der Waals surface area contributed by atoms with Crippen LogP contribution in [0.25, 0.3) is 0 Å². The average molecular weight is 390 g/mol. The summed E-state index contributed by atoms with van der Waals surface area (Å²) in [6.45, 7) is 2.59. The van der Waals surface area contributed by atoms with Crippen LogP contribution in [0.2, 0.25) is 0 Å². The third-order valence-corrected chi connectivity index (χ3v) is 5.44. The first kappa shape index (κ1) is 18.4. The average Bonchev–Trinajstić information content (AvgIpc) is 2.33. The number of halogens is 4. The van der Waals surface area contributed by atoms with Crippen molar-refractivity contribution < 1.29 is 26.3 Å². The molecule has 1 unspecified atom stereocenters. The van der Waals surface area contributed by atoms with E-state index in [4.69, 9.17) is 4.74 Å². The zero-order valence-corrected chi connectivity index (χ0v) is 14.1. The Balaban J connectivity index is 3.60. The van der Waals surface area contributed by atoms with E-state index in [-0.39, 0.29) is 11.1 Å². The van der Waals surface area contributed by atoms with Gasteiger partial charge in [-0.3, -0.25) is 4.98 Å². The molecule has 0 saturated carbocycles. The molecule has 0 radical (unpaired) electrons. The molecule has 0 bridgehead atoms. The standard InChI is InChI=1S/C12H15BrF3NO3S/c1-4-20-7-11(2,21(3,18)19)10-9(12(14,15)16)5-8(13)6-17-10/h5-6H,4,7H2,1-3H3. The van der Waals surface area contributed by atoms with Crippen molar-refractivity contribution in [3.05, 3.63) is 28.0 Å². The van der Waals surface area contributed by atoms with Gasteiger partial charge in [0.1, 0.15) is 4.75 Å². The third-order valence-electron chi connectivity index (χ3n) is 3.06. The fraction of sp³-hybridized carbons (Fsp3) is 0.583. The van der Waals surface area contributed by atoms with Gasteiger partial charge in [-0.15, -0.1) is 0 Å². The minimum absolute atomic E-state index is 0.117. The topological polar surface area (TPSA) is 56.3 Å². The number of aromatic nitrogens is 1. The first-order valence-electron chi connectivity index (χ1n) is 5.94. The number of pyridine rings is 1. The number of alkyl halides is 3. The molecule has 9 heteroatoms. The fourth-order valence-electron chi connectivity index (χ4n) is 1.72. The van der Waals surface area contributed by atoms with Crippen molar-refractivity contribution in [2.45, 2.75) is 24.8 Å². The SMILES string of the molecule is CCOCC(C)(c1ncc(Br)cc1C(F)(F)F)S(C)(=O)=O. The van der Waals surface area contributed by atoms with E-state index in [1.54, 1.807) is 6.92 Å². The molecule has 0 aliphatic rings. The van der Waals surface area contributed by atoms with Crippen LogP contribution in [0.5, 0.6) is 0 Å². The maximum Gasteiger partial charge on any atom is 0.418 e. The van der Waals surface area contributed by atoms with Gasteiger partial charge in [0.25, 0.3) is 0 Å². The molecule has 1 aromatic heterocycles. The Hall–Kier alpha value is -0.670. The van der Waals surface area contributed by atoms with Crippen molar-refractivity contribution >= 4 is 25.8 Å². The molecular weight excluding hydrogens is 375 g/mol. The molecule has 1 rings (SSSR count). The molecular formula is C12H15BrF3NO3S. The molecule has 120 valence electrons. The normalized spacial score (nSPS) is 15.8. The highest BCUT2D eigenvalue weighted by Gasteiger charge is 2.46. The summed E-state index contributed by atoms with van der Waals surface area (Å²) >= 11 is 2.92. The Morgan fingerprint density at radius 2 is 1.95 bits per heavy atom. The molecule has 21 heavy (non-hydrogen) atoms. The van der Waals surface area contributed by atoms with Crippen molar-refractivity contribution in [1.29, 1.82) is 0 Å². The maximum absolute atomic E-state index is 13.2. The first-order valence-corrected chi connectivity index (χ1v) is 8.62. The smallest absolute Gasteiger partial charge is 0.380 e. The first-order chi connectivity index (χ1) is 9.43.